The van der Waals surface area contributed by atoms with Crippen LogP contribution in [0, 0.1) is 0 Å². The molecule has 0 spiro atoms. The second-order valence-corrected chi connectivity index (χ2v) is 5.91. The minimum absolute atomic E-state index is 1.10. The molecule has 3 rings (SSSR count). The zero-order valence-corrected chi connectivity index (χ0v) is 15.0. The molecule has 0 atom stereocenters. The predicted molar refractivity (Wildman–Crippen MR) is 113 cm³/mol. The van der Waals surface area contributed by atoms with Gasteiger partial charge in [-0.15, -0.1) is 0 Å². The van der Waals surface area contributed by atoms with Crippen molar-refractivity contribution in [2.45, 2.75) is 26.2 Å². The molecular formula is C24H27N. The van der Waals surface area contributed by atoms with E-state index in [-0.39, 0.29) is 0 Å². The highest BCUT2D eigenvalue weighted by Crippen LogP contribution is 2.17. The van der Waals surface area contributed by atoms with Gasteiger partial charge in [0.2, 0.25) is 0 Å². The van der Waals surface area contributed by atoms with Crippen molar-refractivity contribution < 1.29 is 0 Å². The highest BCUT2D eigenvalue weighted by Gasteiger charge is 1.99. The van der Waals surface area contributed by atoms with Crippen molar-refractivity contribution >= 4 is 17.8 Å². The zero-order valence-electron chi connectivity index (χ0n) is 15.0. The summed E-state index contributed by atoms with van der Waals surface area (Å²) in [6.45, 7) is 9.58. The van der Waals surface area contributed by atoms with Crippen LogP contribution in [0.3, 0.4) is 0 Å². The molecule has 2 aromatic carbocycles. The molecule has 128 valence electrons. The molecule has 1 aliphatic carbocycles. The first-order chi connectivity index (χ1) is 12.2. The molecule has 0 radical (unpaired) electrons. The topological polar surface area (TPSA) is 12.0 Å². The SMILES string of the molecule is C=Cc1ccc(CC)cc1.C=Cc1ccc(NC2=CC=CCC2)cc1. The fourth-order valence-corrected chi connectivity index (χ4v) is 2.48. The first-order valence-electron chi connectivity index (χ1n) is 8.81. The molecule has 1 N–H and O–H groups in total. The van der Waals surface area contributed by atoms with Gasteiger partial charge in [0, 0.05) is 11.4 Å². The maximum absolute atomic E-state index is 3.74. The smallest absolute Gasteiger partial charge is 0.0382 e. The third-order valence-electron chi connectivity index (χ3n) is 4.09. The van der Waals surface area contributed by atoms with Crippen LogP contribution < -0.4 is 5.32 Å². The Morgan fingerprint density at radius 1 is 0.920 bits per heavy atom. The summed E-state index contributed by atoms with van der Waals surface area (Å²) in [6, 6.07) is 16.7. The van der Waals surface area contributed by atoms with Crippen LogP contribution in [0.25, 0.3) is 12.2 Å². The lowest BCUT2D eigenvalue weighted by molar-refractivity contribution is 0.967. The molecule has 2 aromatic rings. The Balaban J connectivity index is 0.000000196. The highest BCUT2D eigenvalue weighted by molar-refractivity contribution is 5.56. The van der Waals surface area contributed by atoms with Crippen LogP contribution in [-0.2, 0) is 6.42 Å². The van der Waals surface area contributed by atoms with E-state index in [1.165, 1.54) is 16.8 Å². The number of nitrogens with one attached hydrogen (secondary N) is 1. The second-order valence-electron chi connectivity index (χ2n) is 5.91. The van der Waals surface area contributed by atoms with E-state index in [4.69, 9.17) is 0 Å². The number of rotatable bonds is 5. The van der Waals surface area contributed by atoms with Crippen molar-refractivity contribution in [2.24, 2.45) is 0 Å². The summed E-state index contributed by atoms with van der Waals surface area (Å²) >= 11 is 0. The number of hydrogen-bond donors (Lipinski definition) is 1. The average molecular weight is 329 g/mol. The predicted octanol–water partition coefficient (Wildman–Crippen LogP) is 6.87. The van der Waals surface area contributed by atoms with Gasteiger partial charge in [0.15, 0.2) is 0 Å². The Hall–Kier alpha value is -2.80. The zero-order chi connectivity index (χ0) is 17.9. The highest BCUT2D eigenvalue weighted by atomic mass is 14.9. The lowest BCUT2D eigenvalue weighted by Crippen LogP contribution is -2.00. The molecule has 0 saturated heterocycles. The Labute approximate surface area is 152 Å². The summed E-state index contributed by atoms with van der Waals surface area (Å²) in [4.78, 5) is 0. The van der Waals surface area contributed by atoms with Crippen LogP contribution in [0.1, 0.15) is 36.5 Å². The minimum Gasteiger partial charge on any atom is -0.359 e. The van der Waals surface area contributed by atoms with Gasteiger partial charge in [0.05, 0.1) is 0 Å². The fraction of sp³-hybridized carbons (Fsp3) is 0.167. The molecule has 0 heterocycles. The van der Waals surface area contributed by atoms with Crippen molar-refractivity contribution in [3.8, 4) is 0 Å². The van der Waals surface area contributed by atoms with Crippen LogP contribution in [0.2, 0.25) is 0 Å². The summed E-state index contributed by atoms with van der Waals surface area (Å²) in [5.41, 5.74) is 6.15. The van der Waals surface area contributed by atoms with Gasteiger partial charge < -0.3 is 5.32 Å². The number of aryl methyl sites for hydroxylation is 1. The van der Waals surface area contributed by atoms with Crippen LogP contribution in [0.15, 0.2) is 85.6 Å². The maximum atomic E-state index is 3.74. The van der Waals surface area contributed by atoms with E-state index in [0.717, 1.165) is 30.5 Å². The molecule has 0 aromatic heterocycles. The minimum atomic E-state index is 1.10. The maximum Gasteiger partial charge on any atom is 0.0382 e. The van der Waals surface area contributed by atoms with Crippen molar-refractivity contribution in [3.05, 3.63) is 102 Å². The lowest BCUT2D eigenvalue weighted by Gasteiger charge is -2.12. The third kappa shape index (κ3) is 6.31. The number of anilines is 1. The molecule has 0 saturated carbocycles. The summed E-state index contributed by atoms with van der Waals surface area (Å²) in [5.74, 6) is 0. The Kier molecular flexibility index (Phi) is 7.52. The lowest BCUT2D eigenvalue weighted by atomic mass is 10.1. The molecular weight excluding hydrogens is 302 g/mol. The van der Waals surface area contributed by atoms with E-state index >= 15 is 0 Å². The molecule has 0 amide bonds. The van der Waals surface area contributed by atoms with Gasteiger partial charge >= 0.3 is 0 Å². The van der Waals surface area contributed by atoms with Gasteiger partial charge in [-0.05, 0) is 54.2 Å². The Morgan fingerprint density at radius 2 is 1.52 bits per heavy atom. The Bertz CT molecular complexity index is 731. The van der Waals surface area contributed by atoms with E-state index in [9.17, 15) is 0 Å². The molecule has 1 aliphatic rings. The van der Waals surface area contributed by atoms with E-state index in [1.54, 1.807) is 0 Å². The van der Waals surface area contributed by atoms with Gasteiger partial charge in [-0.3, -0.25) is 0 Å². The van der Waals surface area contributed by atoms with Crippen molar-refractivity contribution in [2.75, 3.05) is 5.32 Å². The number of benzene rings is 2. The van der Waals surface area contributed by atoms with E-state index in [1.807, 2.05) is 12.2 Å². The van der Waals surface area contributed by atoms with Crippen LogP contribution in [0.5, 0.6) is 0 Å². The van der Waals surface area contributed by atoms with E-state index in [0.29, 0.717) is 0 Å². The monoisotopic (exact) mass is 329 g/mol. The Morgan fingerprint density at radius 3 is 2.00 bits per heavy atom. The first kappa shape index (κ1) is 18.5. The van der Waals surface area contributed by atoms with Crippen LogP contribution in [0.4, 0.5) is 5.69 Å². The van der Waals surface area contributed by atoms with Crippen LogP contribution >= 0.6 is 0 Å². The van der Waals surface area contributed by atoms with E-state index in [2.05, 4.69) is 92.2 Å². The molecule has 0 fully saturated rings. The van der Waals surface area contributed by atoms with Crippen molar-refractivity contribution in [1.82, 2.24) is 0 Å². The summed E-state index contributed by atoms with van der Waals surface area (Å²) in [6.07, 6.45) is 13.5. The molecule has 0 aliphatic heterocycles. The van der Waals surface area contributed by atoms with Crippen LogP contribution in [-0.4, -0.2) is 0 Å². The average Bonchev–Trinajstić information content (AvgIpc) is 2.70. The quantitative estimate of drug-likeness (QED) is 0.631. The number of hydrogen-bond acceptors (Lipinski definition) is 1. The standard InChI is InChI=1S/C14H15N.C10H12/c1-2-12-8-10-14(11-9-12)15-13-6-4-3-5-7-13;1-3-9-5-7-10(4-2)8-6-9/h2-4,6,8-11,15H,1,5,7H2;3,5-8H,1,4H2,2H3. The molecule has 1 nitrogen and oxygen atoms in total. The number of allylic oxidation sites excluding steroid dienone is 4. The van der Waals surface area contributed by atoms with Gasteiger partial charge in [0.25, 0.3) is 0 Å². The molecule has 1 heteroatoms. The van der Waals surface area contributed by atoms with Gasteiger partial charge in [-0.25, -0.2) is 0 Å². The summed E-state index contributed by atoms with van der Waals surface area (Å²) in [7, 11) is 0. The molecule has 25 heavy (non-hydrogen) atoms. The largest absolute Gasteiger partial charge is 0.359 e. The third-order valence-corrected chi connectivity index (χ3v) is 4.09. The summed E-state index contributed by atoms with van der Waals surface area (Å²) in [5, 5.41) is 3.41. The first-order valence-corrected chi connectivity index (χ1v) is 8.81. The van der Waals surface area contributed by atoms with Gasteiger partial charge in [-0.1, -0.05) is 80.8 Å². The normalized spacial score (nSPS) is 12.4. The van der Waals surface area contributed by atoms with Gasteiger partial charge in [-0.2, -0.15) is 0 Å². The summed E-state index contributed by atoms with van der Waals surface area (Å²) < 4.78 is 0. The van der Waals surface area contributed by atoms with Crippen molar-refractivity contribution in [3.63, 3.8) is 0 Å². The molecule has 0 bridgehead atoms. The van der Waals surface area contributed by atoms with Crippen molar-refractivity contribution in [1.29, 1.82) is 0 Å². The second kappa shape index (κ2) is 10.1. The fourth-order valence-electron chi connectivity index (χ4n) is 2.48. The van der Waals surface area contributed by atoms with Gasteiger partial charge in [0.1, 0.15) is 0 Å². The van der Waals surface area contributed by atoms with E-state index < -0.39 is 0 Å². The molecule has 0 unspecified atom stereocenters.